The first-order chi connectivity index (χ1) is 7.77. The van der Waals surface area contributed by atoms with E-state index < -0.39 is 5.97 Å². The Morgan fingerprint density at radius 1 is 1.50 bits per heavy atom. The van der Waals surface area contributed by atoms with Gasteiger partial charge in [0, 0.05) is 19.1 Å². The van der Waals surface area contributed by atoms with E-state index in [0.717, 1.165) is 31.9 Å². The van der Waals surface area contributed by atoms with E-state index in [1.165, 1.54) is 0 Å². The number of ether oxygens (including phenoxy) is 1. The summed E-state index contributed by atoms with van der Waals surface area (Å²) >= 11 is 0. The van der Waals surface area contributed by atoms with Crippen molar-refractivity contribution >= 4 is 5.97 Å². The van der Waals surface area contributed by atoms with Gasteiger partial charge in [0.2, 0.25) is 0 Å². The molecule has 2 heterocycles. The zero-order chi connectivity index (χ0) is 11.4. The topological polar surface area (TPSA) is 90.1 Å². The van der Waals surface area contributed by atoms with Crippen LogP contribution in [-0.4, -0.2) is 44.5 Å². The normalized spacial score (nSPS) is 17.5. The van der Waals surface area contributed by atoms with Crippen molar-refractivity contribution in [3.63, 3.8) is 0 Å². The van der Waals surface area contributed by atoms with E-state index in [9.17, 15) is 4.79 Å². The van der Waals surface area contributed by atoms with Crippen LogP contribution in [0.1, 0.15) is 31.0 Å². The van der Waals surface area contributed by atoms with E-state index in [1.54, 1.807) is 4.68 Å². The van der Waals surface area contributed by atoms with Crippen molar-refractivity contribution < 1.29 is 14.6 Å². The Morgan fingerprint density at radius 3 is 2.94 bits per heavy atom. The Kier molecular flexibility index (Phi) is 3.45. The van der Waals surface area contributed by atoms with Gasteiger partial charge in [-0.05, 0) is 23.3 Å². The van der Waals surface area contributed by atoms with Gasteiger partial charge in [-0.15, -0.1) is 5.10 Å². The molecule has 7 heteroatoms. The largest absolute Gasteiger partial charge is 0.481 e. The van der Waals surface area contributed by atoms with Crippen LogP contribution in [-0.2, 0) is 16.1 Å². The summed E-state index contributed by atoms with van der Waals surface area (Å²) in [5, 5.41) is 20.0. The van der Waals surface area contributed by atoms with E-state index in [2.05, 4.69) is 15.5 Å². The lowest BCUT2D eigenvalue weighted by atomic mass is 9.99. The molecule has 0 saturated carbocycles. The molecule has 1 aliphatic heterocycles. The van der Waals surface area contributed by atoms with Gasteiger partial charge in [-0.25, -0.2) is 4.68 Å². The number of carboxylic acids is 1. The highest BCUT2D eigenvalue weighted by molar-refractivity contribution is 5.66. The first-order valence-electron chi connectivity index (χ1n) is 5.33. The molecule has 1 saturated heterocycles. The zero-order valence-corrected chi connectivity index (χ0v) is 8.87. The van der Waals surface area contributed by atoms with Crippen LogP contribution >= 0.6 is 0 Å². The van der Waals surface area contributed by atoms with Crippen molar-refractivity contribution in [2.24, 2.45) is 0 Å². The number of nitrogens with zero attached hydrogens (tertiary/aromatic N) is 4. The lowest BCUT2D eigenvalue weighted by Crippen LogP contribution is -2.19. The van der Waals surface area contributed by atoms with Crippen molar-refractivity contribution in [3.8, 4) is 0 Å². The molecule has 0 radical (unpaired) electrons. The third-order valence-electron chi connectivity index (χ3n) is 2.68. The summed E-state index contributed by atoms with van der Waals surface area (Å²) in [5.74, 6) is 0.232. The maximum absolute atomic E-state index is 10.5. The summed E-state index contributed by atoms with van der Waals surface area (Å²) in [6.45, 7) is 1.77. The molecule has 1 aromatic heterocycles. The molecule has 1 fully saturated rings. The average Bonchev–Trinajstić information content (AvgIpc) is 2.75. The number of aromatic nitrogens is 4. The van der Waals surface area contributed by atoms with Crippen LogP contribution in [0.5, 0.6) is 0 Å². The Bertz CT molecular complexity index is 359. The number of hydrogen-bond acceptors (Lipinski definition) is 5. The molecule has 88 valence electrons. The van der Waals surface area contributed by atoms with E-state index in [0.29, 0.717) is 6.54 Å². The van der Waals surface area contributed by atoms with Crippen LogP contribution in [0.25, 0.3) is 0 Å². The highest BCUT2D eigenvalue weighted by atomic mass is 16.5. The van der Waals surface area contributed by atoms with Crippen LogP contribution in [0.15, 0.2) is 0 Å². The van der Waals surface area contributed by atoms with E-state index in [4.69, 9.17) is 9.84 Å². The third kappa shape index (κ3) is 2.54. The van der Waals surface area contributed by atoms with Crippen molar-refractivity contribution in [2.45, 2.75) is 31.7 Å². The first-order valence-corrected chi connectivity index (χ1v) is 5.33. The number of aryl methyl sites for hydroxylation is 1. The first kappa shape index (κ1) is 11.0. The second-order valence-corrected chi connectivity index (χ2v) is 3.79. The molecular weight excluding hydrogens is 212 g/mol. The van der Waals surface area contributed by atoms with E-state index >= 15 is 0 Å². The molecule has 1 aromatic rings. The lowest BCUT2D eigenvalue weighted by Gasteiger charge is -2.20. The molecule has 1 N–H and O–H groups in total. The van der Waals surface area contributed by atoms with Gasteiger partial charge in [0.25, 0.3) is 0 Å². The van der Waals surface area contributed by atoms with Gasteiger partial charge in [0.1, 0.15) is 0 Å². The molecule has 0 spiro atoms. The molecule has 16 heavy (non-hydrogen) atoms. The van der Waals surface area contributed by atoms with Crippen LogP contribution < -0.4 is 0 Å². The summed E-state index contributed by atoms with van der Waals surface area (Å²) in [7, 11) is 0. The summed E-state index contributed by atoms with van der Waals surface area (Å²) in [4.78, 5) is 10.5. The molecular formula is C9H14N4O3. The predicted octanol–water partition coefficient (Wildman–Crippen LogP) is 0.0418. The van der Waals surface area contributed by atoms with Gasteiger partial charge >= 0.3 is 5.97 Å². The van der Waals surface area contributed by atoms with Gasteiger partial charge in [0.05, 0.1) is 13.0 Å². The van der Waals surface area contributed by atoms with Crippen molar-refractivity contribution in [1.82, 2.24) is 20.2 Å². The minimum Gasteiger partial charge on any atom is -0.481 e. The number of hydrogen-bond donors (Lipinski definition) is 1. The fourth-order valence-corrected chi connectivity index (χ4v) is 1.82. The van der Waals surface area contributed by atoms with Gasteiger partial charge in [-0.3, -0.25) is 4.79 Å². The number of tetrazole rings is 1. The van der Waals surface area contributed by atoms with Crippen LogP contribution in [0.2, 0.25) is 0 Å². The van der Waals surface area contributed by atoms with Crippen LogP contribution in [0.4, 0.5) is 0 Å². The van der Waals surface area contributed by atoms with Crippen molar-refractivity contribution in [3.05, 3.63) is 5.82 Å². The van der Waals surface area contributed by atoms with Crippen molar-refractivity contribution in [1.29, 1.82) is 0 Å². The SMILES string of the molecule is O=C(O)CCn1nnnc1C1CCOCC1. The monoisotopic (exact) mass is 226 g/mol. The Morgan fingerprint density at radius 2 is 2.25 bits per heavy atom. The molecule has 0 aromatic carbocycles. The van der Waals surface area contributed by atoms with Gasteiger partial charge in [-0.2, -0.15) is 0 Å². The second kappa shape index (κ2) is 5.02. The van der Waals surface area contributed by atoms with Crippen LogP contribution in [0.3, 0.4) is 0 Å². The van der Waals surface area contributed by atoms with E-state index in [-0.39, 0.29) is 12.3 Å². The van der Waals surface area contributed by atoms with Gasteiger partial charge in [0.15, 0.2) is 5.82 Å². The molecule has 7 nitrogen and oxygen atoms in total. The van der Waals surface area contributed by atoms with E-state index in [1.807, 2.05) is 0 Å². The Balaban J connectivity index is 2.02. The van der Waals surface area contributed by atoms with Crippen molar-refractivity contribution in [2.75, 3.05) is 13.2 Å². The molecule has 0 unspecified atom stereocenters. The second-order valence-electron chi connectivity index (χ2n) is 3.79. The van der Waals surface area contributed by atoms with Crippen LogP contribution in [0, 0.1) is 0 Å². The minimum atomic E-state index is -0.839. The standard InChI is InChI=1S/C9H14N4O3/c14-8(15)1-4-13-9(10-11-12-13)7-2-5-16-6-3-7/h7H,1-6H2,(H,14,15). The lowest BCUT2D eigenvalue weighted by molar-refractivity contribution is -0.137. The molecule has 0 bridgehead atoms. The number of rotatable bonds is 4. The van der Waals surface area contributed by atoms with Gasteiger partial charge < -0.3 is 9.84 Å². The summed E-state index contributed by atoms with van der Waals surface area (Å²) in [6.07, 6.45) is 1.84. The maximum atomic E-state index is 10.5. The third-order valence-corrected chi connectivity index (χ3v) is 2.68. The van der Waals surface area contributed by atoms with Gasteiger partial charge in [-0.1, -0.05) is 0 Å². The fraction of sp³-hybridized carbons (Fsp3) is 0.778. The fourth-order valence-electron chi connectivity index (χ4n) is 1.82. The number of aliphatic carboxylic acids is 1. The highest BCUT2D eigenvalue weighted by Gasteiger charge is 2.22. The molecule has 2 rings (SSSR count). The summed E-state index contributed by atoms with van der Waals surface area (Å²) < 4.78 is 6.85. The Labute approximate surface area is 92.4 Å². The average molecular weight is 226 g/mol. The number of carbonyl (C=O) groups is 1. The molecule has 0 aliphatic carbocycles. The zero-order valence-electron chi connectivity index (χ0n) is 8.87. The molecule has 1 aliphatic rings. The smallest absolute Gasteiger partial charge is 0.305 e. The Hall–Kier alpha value is -1.50. The quantitative estimate of drug-likeness (QED) is 0.779. The number of carboxylic acid groups (broad SMARTS) is 1. The molecule has 0 amide bonds. The molecule has 0 atom stereocenters. The summed E-state index contributed by atoms with van der Waals surface area (Å²) in [6, 6.07) is 0. The maximum Gasteiger partial charge on any atom is 0.305 e. The summed E-state index contributed by atoms with van der Waals surface area (Å²) in [5.41, 5.74) is 0. The predicted molar refractivity (Wildman–Crippen MR) is 52.9 cm³/mol. The highest BCUT2D eigenvalue weighted by Crippen LogP contribution is 2.24. The minimum absolute atomic E-state index is 0.0429.